The molecule has 0 atom stereocenters. The number of alkyl halides is 1. The van der Waals surface area contributed by atoms with Crippen molar-refractivity contribution in [2.24, 2.45) is 0 Å². The molecule has 0 bridgehead atoms. The lowest BCUT2D eigenvalue weighted by Gasteiger charge is -1.99. The smallest absolute Gasteiger partial charge is 0.0466 e. The predicted molar refractivity (Wildman–Crippen MR) is 48.5 cm³/mol. The maximum Gasteiger partial charge on any atom is 0.0466 e. The van der Waals surface area contributed by atoms with Gasteiger partial charge in [0, 0.05) is 16.0 Å². The molecular weight excluding hydrogens is 213 g/mol. The number of hydrogen-bond acceptors (Lipinski definition) is 1. The molecule has 0 fully saturated rings. The van der Waals surface area contributed by atoms with Crippen molar-refractivity contribution in [2.75, 3.05) is 5.73 Å². The van der Waals surface area contributed by atoms with Crippen molar-refractivity contribution < 1.29 is 0 Å². The summed E-state index contributed by atoms with van der Waals surface area (Å²) in [5.41, 5.74) is 7.25. The molecule has 0 heterocycles. The highest BCUT2D eigenvalue weighted by Crippen LogP contribution is 2.20. The van der Waals surface area contributed by atoms with E-state index in [0.717, 1.165) is 15.9 Å². The third-order valence-electron chi connectivity index (χ3n) is 1.22. The molecule has 1 nitrogen and oxygen atoms in total. The zero-order valence-electron chi connectivity index (χ0n) is 5.27. The molecule has 1 aromatic carbocycles. The molecule has 0 unspecified atom stereocenters. The van der Waals surface area contributed by atoms with E-state index >= 15 is 0 Å². The Morgan fingerprint density at radius 2 is 2.20 bits per heavy atom. The van der Waals surface area contributed by atoms with Crippen LogP contribution in [0.2, 0.25) is 5.02 Å². The summed E-state index contributed by atoms with van der Waals surface area (Å²) in [6.45, 7) is 0. The van der Waals surface area contributed by atoms with Gasteiger partial charge in [-0.3, -0.25) is 0 Å². The van der Waals surface area contributed by atoms with Gasteiger partial charge in [0.25, 0.3) is 0 Å². The third kappa shape index (κ3) is 1.64. The molecular formula is C7H7BrClN. The van der Waals surface area contributed by atoms with Crippen LogP contribution in [-0.2, 0) is 5.33 Å². The maximum atomic E-state index is 5.82. The lowest BCUT2D eigenvalue weighted by atomic mass is 10.2. The van der Waals surface area contributed by atoms with E-state index in [0.29, 0.717) is 5.69 Å². The number of benzene rings is 1. The summed E-state index contributed by atoms with van der Waals surface area (Å²) in [4.78, 5) is 0. The normalized spacial score (nSPS) is 9.80. The van der Waals surface area contributed by atoms with Crippen molar-refractivity contribution in [2.45, 2.75) is 5.33 Å². The van der Waals surface area contributed by atoms with Crippen LogP contribution in [0.1, 0.15) is 5.56 Å². The number of rotatable bonds is 1. The second kappa shape index (κ2) is 3.26. The van der Waals surface area contributed by atoms with Gasteiger partial charge >= 0.3 is 0 Å². The van der Waals surface area contributed by atoms with Crippen LogP contribution in [-0.4, -0.2) is 0 Å². The minimum absolute atomic E-state index is 0.703. The van der Waals surface area contributed by atoms with Gasteiger partial charge in [-0.15, -0.1) is 0 Å². The zero-order chi connectivity index (χ0) is 7.56. The first kappa shape index (κ1) is 7.89. The Hall–Kier alpha value is -0.210. The summed E-state index contributed by atoms with van der Waals surface area (Å²) in [5.74, 6) is 0. The largest absolute Gasteiger partial charge is 0.399 e. The molecule has 0 aliphatic rings. The molecule has 0 aliphatic heterocycles. The van der Waals surface area contributed by atoms with Crippen molar-refractivity contribution >= 4 is 33.2 Å². The molecule has 0 aliphatic carbocycles. The number of anilines is 1. The fourth-order valence-electron chi connectivity index (χ4n) is 0.672. The minimum atomic E-state index is 0.703. The Morgan fingerprint density at radius 1 is 1.50 bits per heavy atom. The molecule has 0 saturated carbocycles. The lowest BCUT2D eigenvalue weighted by molar-refractivity contribution is 1.44. The molecule has 10 heavy (non-hydrogen) atoms. The monoisotopic (exact) mass is 219 g/mol. The van der Waals surface area contributed by atoms with Crippen LogP contribution in [0.4, 0.5) is 5.69 Å². The lowest BCUT2D eigenvalue weighted by Crippen LogP contribution is -1.86. The fourth-order valence-corrected chi connectivity index (χ4v) is 1.58. The van der Waals surface area contributed by atoms with Crippen LogP contribution >= 0.6 is 27.5 Å². The number of hydrogen-bond donors (Lipinski definition) is 1. The summed E-state index contributed by atoms with van der Waals surface area (Å²) < 4.78 is 0. The third-order valence-corrected chi connectivity index (χ3v) is 2.18. The van der Waals surface area contributed by atoms with Crippen molar-refractivity contribution in [3.63, 3.8) is 0 Å². The van der Waals surface area contributed by atoms with Crippen LogP contribution in [0.5, 0.6) is 0 Å². The highest BCUT2D eigenvalue weighted by molar-refractivity contribution is 9.08. The van der Waals surface area contributed by atoms with Gasteiger partial charge in [0.15, 0.2) is 0 Å². The molecule has 1 rings (SSSR count). The van der Waals surface area contributed by atoms with E-state index in [-0.39, 0.29) is 0 Å². The van der Waals surface area contributed by atoms with E-state index in [9.17, 15) is 0 Å². The van der Waals surface area contributed by atoms with Crippen LogP contribution < -0.4 is 5.73 Å². The topological polar surface area (TPSA) is 26.0 Å². The van der Waals surface area contributed by atoms with Gasteiger partial charge in [0.1, 0.15) is 0 Å². The Labute approximate surface area is 73.3 Å². The zero-order valence-corrected chi connectivity index (χ0v) is 7.61. The highest BCUT2D eigenvalue weighted by Gasteiger charge is 1.96. The molecule has 0 radical (unpaired) electrons. The van der Waals surface area contributed by atoms with E-state index in [1.807, 2.05) is 12.1 Å². The number of nitrogens with two attached hydrogens (primary N) is 1. The number of halogens is 2. The summed E-state index contributed by atoms with van der Waals surface area (Å²) >= 11 is 9.13. The molecule has 54 valence electrons. The van der Waals surface area contributed by atoms with Gasteiger partial charge in [-0.25, -0.2) is 0 Å². The Balaban J connectivity index is 3.07. The van der Waals surface area contributed by atoms with E-state index in [2.05, 4.69) is 15.9 Å². The average molecular weight is 220 g/mol. The Kier molecular flexibility index (Phi) is 2.57. The molecule has 1 aromatic rings. The summed E-state index contributed by atoms with van der Waals surface area (Å²) in [7, 11) is 0. The molecule has 3 heteroatoms. The maximum absolute atomic E-state index is 5.82. The fraction of sp³-hybridized carbons (Fsp3) is 0.143. The van der Waals surface area contributed by atoms with E-state index < -0.39 is 0 Å². The Bertz CT molecular complexity index is 237. The van der Waals surface area contributed by atoms with Gasteiger partial charge < -0.3 is 5.73 Å². The Morgan fingerprint density at radius 3 is 2.70 bits per heavy atom. The van der Waals surface area contributed by atoms with Crippen molar-refractivity contribution in [1.29, 1.82) is 0 Å². The second-order valence-electron chi connectivity index (χ2n) is 1.98. The predicted octanol–water partition coefficient (Wildman–Crippen LogP) is 2.82. The van der Waals surface area contributed by atoms with E-state index in [4.69, 9.17) is 17.3 Å². The highest BCUT2D eigenvalue weighted by atomic mass is 79.9. The SMILES string of the molecule is Nc1ccc(CBr)c(Cl)c1. The van der Waals surface area contributed by atoms with E-state index in [1.54, 1.807) is 6.07 Å². The first-order chi connectivity index (χ1) is 4.74. The minimum Gasteiger partial charge on any atom is -0.399 e. The van der Waals surface area contributed by atoms with Crippen LogP contribution in [0.3, 0.4) is 0 Å². The van der Waals surface area contributed by atoms with Crippen molar-refractivity contribution in [3.05, 3.63) is 28.8 Å². The molecule has 2 N–H and O–H groups in total. The van der Waals surface area contributed by atoms with Gasteiger partial charge in [0.05, 0.1) is 0 Å². The summed E-state index contributed by atoms with van der Waals surface area (Å²) in [6, 6.07) is 5.49. The molecule has 0 amide bonds. The first-order valence-electron chi connectivity index (χ1n) is 2.84. The first-order valence-corrected chi connectivity index (χ1v) is 4.34. The summed E-state index contributed by atoms with van der Waals surface area (Å²) in [6.07, 6.45) is 0. The van der Waals surface area contributed by atoms with Crippen LogP contribution in [0.15, 0.2) is 18.2 Å². The van der Waals surface area contributed by atoms with Crippen LogP contribution in [0, 0.1) is 0 Å². The van der Waals surface area contributed by atoms with Crippen LogP contribution in [0.25, 0.3) is 0 Å². The number of nitrogen functional groups attached to an aromatic ring is 1. The molecule has 0 saturated heterocycles. The second-order valence-corrected chi connectivity index (χ2v) is 2.95. The van der Waals surface area contributed by atoms with Gasteiger partial charge in [0.2, 0.25) is 0 Å². The van der Waals surface area contributed by atoms with Gasteiger partial charge in [-0.2, -0.15) is 0 Å². The van der Waals surface area contributed by atoms with Gasteiger partial charge in [-0.1, -0.05) is 33.6 Å². The van der Waals surface area contributed by atoms with E-state index in [1.165, 1.54) is 0 Å². The van der Waals surface area contributed by atoms with Crippen molar-refractivity contribution in [1.82, 2.24) is 0 Å². The van der Waals surface area contributed by atoms with Gasteiger partial charge in [-0.05, 0) is 17.7 Å². The van der Waals surface area contributed by atoms with Crippen molar-refractivity contribution in [3.8, 4) is 0 Å². The standard InChI is InChI=1S/C7H7BrClN/c8-4-5-1-2-6(10)3-7(5)9/h1-3H,4,10H2. The quantitative estimate of drug-likeness (QED) is 0.572. The average Bonchev–Trinajstić information content (AvgIpc) is 1.88. The molecule has 0 spiro atoms. The molecule has 0 aromatic heterocycles. The summed E-state index contributed by atoms with van der Waals surface area (Å²) in [5, 5.41) is 1.49.